The molecule has 5 rings (SSSR count). The van der Waals surface area contributed by atoms with Crippen LogP contribution < -0.4 is 9.47 Å². The van der Waals surface area contributed by atoms with Crippen molar-refractivity contribution >= 4 is 22.2 Å². The average molecular weight is 417 g/mol. The van der Waals surface area contributed by atoms with Gasteiger partial charge in [0.2, 0.25) is 0 Å². The topological polar surface area (TPSA) is 34.6 Å². The van der Waals surface area contributed by atoms with E-state index in [1.165, 1.54) is 31.8 Å². The molecule has 2 aromatic carbocycles. The van der Waals surface area contributed by atoms with Gasteiger partial charge in [-0.3, -0.25) is 9.88 Å². The van der Waals surface area contributed by atoms with E-state index < -0.39 is 0 Å². The van der Waals surface area contributed by atoms with Crippen LogP contribution in [0.5, 0.6) is 11.5 Å². The first kappa shape index (κ1) is 19.1. The highest BCUT2D eigenvalue weighted by molar-refractivity contribution is 7.15. The van der Waals surface area contributed by atoms with Crippen molar-refractivity contribution in [3.05, 3.63) is 76.8 Å². The first-order chi connectivity index (χ1) is 14.7. The third kappa shape index (κ3) is 3.66. The number of para-hydroxylation sites is 1. The second-order valence-electron chi connectivity index (χ2n) is 7.63. The van der Waals surface area contributed by atoms with Crippen LogP contribution in [0.4, 0.5) is 0 Å². The van der Waals surface area contributed by atoms with E-state index in [0.717, 1.165) is 36.6 Å². The summed E-state index contributed by atoms with van der Waals surface area (Å²) in [6.45, 7) is 5.28. The van der Waals surface area contributed by atoms with Gasteiger partial charge in [0.15, 0.2) is 11.5 Å². The fraction of sp³-hybridized carbons (Fsp3) is 0.240. The largest absolute Gasteiger partial charge is 0.493 e. The summed E-state index contributed by atoms with van der Waals surface area (Å²) in [5.74, 6) is 1.68. The van der Waals surface area contributed by atoms with E-state index in [9.17, 15) is 0 Å². The minimum Gasteiger partial charge on any atom is -0.493 e. The fourth-order valence-electron chi connectivity index (χ4n) is 4.09. The van der Waals surface area contributed by atoms with E-state index in [1.54, 1.807) is 18.4 Å². The van der Waals surface area contributed by atoms with E-state index in [4.69, 9.17) is 9.47 Å². The Morgan fingerprint density at radius 2 is 2.03 bits per heavy atom. The Bertz CT molecular complexity index is 1200. The number of pyridine rings is 1. The molecule has 0 radical (unpaired) electrons. The second kappa shape index (κ2) is 8.09. The molecule has 1 aliphatic rings. The number of ether oxygens (including phenoxy) is 2. The molecule has 0 amide bonds. The Morgan fingerprint density at radius 1 is 1.13 bits per heavy atom. The van der Waals surface area contributed by atoms with Crippen molar-refractivity contribution in [1.29, 1.82) is 0 Å². The third-order valence-electron chi connectivity index (χ3n) is 5.53. The molecule has 0 aliphatic carbocycles. The molecule has 0 bridgehead atoms. The molecular weight excluding hydrogens is 392 g/mol. The standard InChI is InChI=1S/C25H24N2O2S/c1-17-8-9-23(30-17)20-13-21-16-27(11-12-29-25(21)22(14-20)28-2)15-19-6-3-5-18-7-4-10-26-24(18)19/h3-10,13-14H,11-12,15-16H2,1-2H3. The molecule has 0 saturated carbocycles. The maximum atomic E-state index is 6.14. The Kier molecular flexibility index (Phi) is 5.15. The fourth-order valence-corrected chi connectivity index (χ4v) is 4.95. The Balaban J connectivity index is 1.49. The molecule has 30 heavy (non-hydrogen) atoms. The number of aryl methyl sites for hydroxylation is 1. The van der Waals surface area contributed by atoms with Gasteiger partial charge in [-0.05, 0) is 48.4 Å². The van der Waals surface area contributed by atoms with Gasteiger partial charge in [-0.2, -0.15) is 0 Å². The van der Waals surface area contributed by atoms with Gasteiger partial charge in [0, 0.05) is 46.5 Å². The number of benzene rings is 2. The molecule has 152 valence electrons. The maximum Gasteiger partial charge on any atom is 0.165 e. The van der Waals surface area contributed by atoms with Crippen molar-refractivity contribution in [2.24, 2.45) is 0 Å². The first-order valence-electron chi connectivity index (χ1n) is 10.2. The number of aromatic nitrogens is 1. The Morgan fingerprint density at radius 3 is 2.87 bits per heavy atom. The normalized spacial score (nSPS) is 14.2. The van der Waals surface area contributed by atoms with Crippen molar-refractivity contribution in [3.8, 4) is 21.9 Å². The number of nitrogens with zero attached hydrogens (tertiary/aromatic N) is 2. The summed E-state index contributed by atoms with van der Waals surface area (Å²) in [5.41, 5.74) is 4.67. The summed E-state index contributed by atoms with van der Waals surface area (Å²) in [6.07, 6.45) is 1.87. The van der Waals surface area contributed by atoms with Gasteiger partial charge in [0.05, 0.1) is 12.6 Å². The molecule has 3 heterocycles. The van der Waals surface area contributed by atoms with Crippen molar-refractivity contribution in [3.63, 3.8) is 0 Å². The average Bonchev–Trinajstić information content (AvgIpc) is 3.10. The lowest BCUT2D eigenvalue weighted by molar-refractivity contribution is 0.217. The van der Waals surface area contributed by atoms with Gasteiger partial charge in [-0.25, -0.2) is 0 Å². The summed E-state index contributed by atoms with van der Waals surface area (Å²) in [5, 5.41) is 1.18. The molecular formula is C25H24N2O2S. The van der Waals surface area contributed by atoms with Crippen LogP contribution >= 0.6 is 11.3 Å². The van der Waals surface area contributed by atoms with Crippen LogP contribution in [0.15, 0.2) is 60.8 Å². The second-order valence-corrected chi connectivity index (χ2v) is 8.92. The van der Waals surface area contributed by atoms with Gasteiger partial charge in [-0.1, -0.05) is 24.3 Å². The highest BCUT2D eigenvalue weighted by atomic mass is 32.1. The van der Waals surface area contributed by atoms with E-state index in [2.05, 4.69) is 65.3 Å². The zero-order chi connectivity index (χ0) is 20.5. The van der Waals surface area contributed by atoms with Crippen LogP contribution in [0.1, 0.15) is 16.0 Å². The number of thiophene rings is 1. The van der Waals surface area contributed by atoms with Gasteiger partial charge in [-0.15, -0.1) is 11.3 Å². The molecule has 4 nitrogen and oxygen atoms in total. The van der Waals surface area contributed by atoms with E-state index in [-0.39, 0.29) is 0 Å². The number of hydrogen-bond acceptors (Lipinski definition) is 5. The predicted octanol–water partition coefficient (Wildman–Crippen LogP) is 5.67. The van der Waals surface area contributed by atoms with Crippen LogP contribution in [0.25, 0.3) is 21.3 Å². The van der Waals surface area contributed by atoms with Gasteiger partial charge >= 0.3 is 0 Å². The molecule has 0 saturated heterocycles. The Labute approximate surface area is 180 Å². The minimum absolute atomic E-state index is 0.638. The summed E-state index contributed by atoms with van der Waals surface area (Å²) < 4.78 is 11.8. The van der Waals surface area contributed by atoms with Crippen LogP contribution in [-0.4, -0.2) is 30.1 Å². The van der Waals surface area contributed by atoms with Crippen LogP contribution in [0.2, 0.25) is 0 Å². The van der Waals surface area contributed by atoms with Crippen molar-refractivity contribution in [1.82, 2.24) is 9.88 Å². The monoisotopic (exact) mass is 416 g/mol. The molecule has 0 unspecified atom stereocenters. The maximum absolute atomic E-state index is 6.14. The number of rotatable bonds is 4. The summed E-state index contributed by atoms with van der Waals surface area (Å²) in [7, 11) is 1.72. The minimum atomic E-state index is 0.638. The number of hydrogen-bond donors (Lipinski definition) is 0. The molecule has 0 spiro atoms. The van der Waals surface area contributed by atoms with Gasteiger partial charge in [0.25, 0.3) is 0 Å². The first-order valence-corrected chi connectivity index (χ1v) is 11.0. The lowest BCUT2D eigenvalue weighted by atomic mass is 10.1. The molecule has 1 aliphatic heterocycles. The molecule has 0 N–H and O–H groups in total. The Hall–Kier alpha value is -2.89. The lowest BCUT2D eigenvalue weighted by Crippen LogP contribution is -2.25. The number of fused-ring (bicyclic) bond motifs is 2. The smallest absolute Gasteiger partial charge is 0.165 e. The zero-order valence-corrected chi connectivity index (χ0v) is 18.0. The summed E-state index contributed by atoms with van der Waals surface area (Å²) in [6, 6.07) is 19.2. The van der Waals surface area contributed by atoms with Crippen LogP contribution in [-0.2, 0) is 13.1 Å². The molecule has 4 aromatic rings. The van der Waals surface area contributed by atoms with Crippen molar-refractivity contribution in [2.75, 3.05) is 20.3 Å². The van der Waals surface area contributed by atoms with Crippen LogP contribution in [0.3, 0.4) is 0 Å². The predicted molar refractivity (Wildman–Crippen MR) is 122 cm³/mol. The molecule has 2 aromatic heterocycles. The molecule has 5 heteroatoms. The highest BCUT2D eigenvalue weighted by Crippen LogP contribution is 2.40. The number of methoxy groups -OCH3 is 1. The van der Waals surface area contributed by atoms with Gasteiger partial charge in [0.1, 0.15) is 6.61 Å². The highest BCUT2D eigenvalue weighted by Gasteiger charge is 2.21. The van der Waals surface area contributed by atoms with Gasteiger partial charge < -0.3 is 9.47 Å². The summed E-state index contributed by atoms with van der Waals surface area (Å²) >= 11 is 1.80. The van der Waals surface area contributed by atoms with Crippen molar-refractivity contribution < 1.29 is 9.47 Å². The zero-order valence-electron chi connectivity index (χ0n) is 17.2. The molecule has 0 fully saturated rings. The molecule has 0 atom stereocenters. The SMILES string of the molecule is COc1cc(-c2ccc(C)s2)cc2c1OCCN(Cc1cccc3cccnc13)C2. The van der Waals surface area contributed by atoms with Crippen molar-refractivity contribution in [2.45, 2.75) is 20.0 Å². The van der Waals surface area contributed by atoms with E-state index in [1.807, 2.05) is 12.3 Å². The summed E-state index contributed by atoms with van der Waals surface area (Å²) in [4.78, 5) is 9.61. The van der Waals surface area contributed by atoms with E-state index in [0.29, 0.717) is 6.61 Å². The third-order valence-corrected chi connectivity index (χ3v) is 6.58. The quantitative estimate of drug-likeness (QED) is 0.429. The lowest BCUT2D eigenvalue weighted by Gasteiger charge is -2.20. The van der Waals surface area contributed by atoms with E-state index >= 15 is 0 Å². The van der Waals surface area contributed by atoms with Crippen LogP contribution in [0, 0.1) is 6.92 Å².